The average Bonchev–Trinajstić information content (AvgIpc) is 2.38. The Hall–Kier alpha value is -1.75. The fraction of sp³-hybridized carbons (Fsp3) is 0.500. The molecule has 1 aliphatic heterocycles. The van der Waals surface area contributed by atoms with Gasteiger partial charge in [0.05, 0.1) is 16.9 Å². The van der Waals surface area contributed by atoms with E-state index < -0.39 is 5.97 Å². The van der Waals surface area contributed by atoms with Crippen LogP contribution in [0.25, 0.3) is 0 Å². The molecule has 0 aliphatic carbocycles. The summed E-state index contributed by atoms with van der Waals surface area (Å²) in [6.45, 7) is 2.06. The third kappa shape index (κ3) is 2.81. The van der Waals surface area contributed by atoms with Gasteiger partial charge in [0.15, 0.2) is 0 Å². The number of benzene rings is 1. The molecule has 1 aliphatic rings. The molecule has 19 heavy (non-hydrogen) atoms. The number of piperidine rings is 1. The van der Waals surface area contributed by atoms with Crippen molar-refractivity contribution in [1.82, 2.24) is 4.90 Å². The highest BCUT2D eigenvalue weighted by atomic mass is 16.4. The molecule has 0 aromatic heterocycles. The summed E-state index contributed by atoms with van der Waals surface area (Å²) in [5, 5.41) is 9.29. The number of carboxylic acid groups (broad SMARTS) is 1. The van der Waals surface area contributed by atoms with Crippen LogP contribution in [0, 0.1) is 0 Å². The number of nitrogen functional groups attached to an aromatic ring is 1. The van der Waals surface area contributed by atoms with Gasteiger partial charge in [-0.2, -0.15) is 0 Å². The number of rotatable bonds is 3. The summed E-state index contributed by atoms with van der Waals surface area (Å²) in [4.78, 5) is 15.6. The first-order chi connectivity index (χ1) is 9.00. The van der Waals surface area contributed by atoms with Gasteiger partial charge in [-0.25, -0.2) is 4.79 Å². The summed E-state index contributed by atoms with van der Waals surface area (Å²) in [6, 6.07) is 5.40. The normalized spacial score (nSPS) is 17.4. The van der Waals surface area contributed by atoms with Gasteiger partial charge >= 0.3 is 5.97 Å². The Bertz CT molecular complexity index is 468. The Morgan fingerprint density at radius 2 is 2.05 bits per heavy atom. The highest BCUT2D eigenvalue weighted by Crippen LogP contribution is 2.30. The van der Waals surface area contributed by atoms with Crippen molar-refractivity contribution in [1.29, 1.82) is 0 Å². The van der Waals surface area contributed by atoms with Gasteiger partial charge in [0, 0.05) is 13.1 Å². The second-order valence-electron chi connectivity index (χ2n) is 5.19. The minimum atomic E-state index is -0.929. The van der Waals surface area contributed by atoms with Crippen molar-refractivity contribution < 1.29 is 9.90 Å². The first-order valence-corrected chi connectivity index (χ1v) is 6.54. The van der Waals surface area contributed by atoms with Crippen LogP contribution in [-0.4, -0.2) is 49.2 Å². The van der Waals surface area contributed by atoms with Gasteiger partial charge in [-0.1, -0.05) is 6.07 Å². The zero-order valence-electron chi connectivity index (χ0n) is 11.5. The molecule has 3 N–H and O–H groups in total. The van der Waals surface area contributed by atoms with Crippen molar-refractivity contribution in [3.8, 4) is 0 Å². The number of carbonyl (C=O) groups is 1. The second-order valence-corrected chi connectivity index (χ2v) is 5.19. The van der Waals surface area contributed by atoms with Crippen LogP contribution in [-0.2, 0) is 0 Å². The van der Waals surface area contributed by atoms with E-state index in [0.29, 0.717) is 17.4 Å². The van der Waals surface area contributed by atoms with Crippen molar-refractivity contribution in [2.45, 2.75) is 18.9 Å². The maximum absolute atomic E-state index is 11.3. The number of carboxylic acids is 1. The number of likely N-dealkylation sites (tertiary alicyclic amines) is 1. The number of nitrogens with zero attached hydrogens (tertiary/aromatic N) is 2. The lowest BCUT2D eigenvalue weighted by molar-refractivity contribution is 0.0697. The minimum Gasteiger partial charge on any atom is -0.478 e. The third-order valence-electron chi connectivity index (χ3n) is 3.89. The quantitative estimate of drug-likeness (QED) is 0.809. The van der Waals surface area contributed by atoms with Gasteiger partial charge in [-0.3, -0.25) is 0 Å². The minimum absolute atomic E-state index is 0.279. The van der Waals surface area contributed by atoms with E-state index in [1.807, 2.05) is 11.9 Å². The number of hydrogen-bond acceptors (Lipinski definition) is 4. The molecule has 0 saturated carbocycles. The van der Waals surface area contributed by atoms with Gasteiger partial charge in [-0.05, 0) is 45.1 Å². The van der Waals surface area contributed by atoms with Gasteiger partial charge in [0.2, 0.25) is 0 Å². The zero-order valence-corrected chi connectivity index (χ0v) is 11.5. The number of aromatic carboxylic acids is 1. The van der Waals surface area contributed by atoms with Crippen LogP contribution in [0.1, 0.15) is 23.2 Å². The molecule has 0 amide bonds. The van der Waals surface area contributed by atoms with Gasteiger partial charge < -0.3 is 20.6 Å². The molecule has 0 spiro atoms. The van der Waals surface area contributed by atoms with Crippen molar-refractivity contribution >= 4 is 17.3 Å². The van der Waals surface area contributed by atoms with E-state index in [0.717, 1.165) is 25.9 Å². The Morgan fingerprint density at radius 1 is 1.42 bits per heavy atom. The molecule has 0 atom stereocenters. The lowest BCUT2D eigenvalue weighted by atomic mass is 10.0. The molecule has 0 bridgehead atoms. The largest absolute Gasteiger partial charge is 0.478 e. The molecule has 1 aromatic rings. The highest BCUT2D eigenvalue weighted by Gasteiger charge is 2.25. The van der Waals surface area contributed by atoms with Crippen molar-refractivity contribution in [3.05, 3.63) is 23.8 Å². The van der Waals surface area contributed by atoms with Gasteiger partial charge in [-0.15, -0.1) is 0 Å². The fourth-order valence-corrected chi connectivity index (χ4v) is 2.69. The summed E-state index contributed by atoms with van der Waals surface area (Å²) >= 11 is 0. The number of hydrogen-bond donors (Lipinski definition) is 2. The average molecular weight is 263 g/mol. The summed E-state index contributed by atoms with van der Waals surface area (Å²) in [6.07, 6.45) is 2.06. The Kier molecular flexibility index (Phi) is 3.95. The van der Waals surface area contributed by atoms with Gasteiger partial charge in [0.25, 0.3) is 0 Å². The molecule has 2 rings (SSSR count). The van der Waals surface area contributed by atoms with Crippen LogP contribution >= 0.6 is 0 Å². The Morgan fingerprint density at radius 3 is 2.63 bits per heavy atom. The Balaban J connectivity index is 2.28. The van der Waals surface area contributed by atoms with Crippen LogP contribution in [0.4, 0.5) is 11.4 Å². The van der Waals surface area contributed by atoms with Crippen molar-refractivity contribution in [2.24, 2.45) is 0 Å². The van der Waals surface area contributed by atoms with E-state index in [-0.39, 0.29) is 5.56 Å². The highest BCUT2D eigenvalue weighted by molar-refractivity contribution is 5.98. The van der Waals surface area contributed by atoms with E-state index in [1.54, 1.807) is 18.2 Å². The molecule has 5 heteroatoms. The topological polar surface area (TPSA) is 69.8 Å². The molecule has 1 saturated heterocycles. The molecule has 0 radical (unpaired) electrons. The standard InChI is InChI=1S/C14H21N3O2/c1-16-8-6-10(7-9-16)17(2)13-11(14(18)19)4-3-5-12(13)15/h3-5,10H,6-9,15H2,1-2H3,(H,18,19). The van der Waals surface area contributed by atoms with Crippen LogP contribution in [0.3, 0.4) is 0 Å². The summed E-state index contributed by atoms with van der Waals surface area (Å²) in [5.41, 5.74) is 7.43. The summed E-state index contributed by atoms with van der Waals surface area (Å²) in [5.74, 6) is -0.929. The predicted molar refractivity (Wildman–Crippen MR) is 76.7 cm³/mol. The lowest BCUT2D eigenvalue weighted by Gasteiger charge is -2.37. The third-order valence-corrected chi connectivity index (χ3v) is 3.89. The second kappa shape index (κ2) is 5.48. The molecule has 1 heterocycles. The van der Waals surface area contributed by atoms with Crippen LogP contribution in [0.2, 0.25) is 0 Å². The molecule has 1 fully saturated rings. The van der Waals surface area contributed by atoms with Crippen molar-refractivity contribution in [2.75, 3.05) is 37.8 Å². The first kappa shape index (κ1) is 13.7. The van der Waals surface area contributed by atoms with E-state index in [9.17, 15) is 9.90 Å². The van der Waals surface area contributed by atoms with E-state index in [4.69, 9.17) is 5.73 Å². The molecular formula is C14H21N3O2. The molecular weight excluding hydrogens is 242 g/mol. The fourth-order valence-electron chi connectivity index (χ4n) is 2.69. The first-order valence-electron chi connectivity index (χ1n) is 6.54. The maximum atomic E-state index is 11.3. The molecule has 5 nitrogen and oxygen atoms in total. The molecule has 1 aromatic carbocycles. The smallest absolute Gasteiger partial charge is 0.337 e. The van der Waals surface area contributed by atoms with Gasteiger partial charge in [0.1, 0.15) is 0 Å². The van der Waals surface area contributed by atoms with Crippen LogP contribution in [0.15, 0.2) is 18.2 Å². The van der Waals surface area contributed by atoms with Crippen molar-refractivity contribution in [3.63, 3.8) is 0 Å². The number of para-hydroxylation sites is 1. The number of nitrogens with two attached hydrogens (primary N) is 1. The van der Waals surface area contributed by atoms with Crippen LogP contribution < -0.4 is 10.6 Å². The summed E-state index contributed by atoms with van der Waals surface area (Å²) < 4.78 is 0. The van der Waals surface area contributed by atoms with Crippen LogP contribution in [0.5, 0.6) is 0 Å². The zero-order chi connectivity index (χ0) is 14.0. The van der Waals surface area contributed by atoms with E-state index >= 15 is 0 Å². The number of anilines is 2. The maximum Gasteiger partial charge on any atom is 0.337 e. The predicted octanol–water partition coefficient (Wildman–Crippen LogP) is 1.50. The van der Waals surface area contributed by atoms with E-state index in [2.05, 4.69) is 11.9 Å². The SMILES string of the molecule is CN1CCC(N(C)c2c(N)cccc2C(=O)O)CC1. The van der Waals surface area contributed by atoms with E-state index in [1.165, 1.54) is 0 Å². The summed E-state index contributed by atoms with van der Waals surface area (Å²) in [7, 11) is 4.05. The Labute approximate surface area is 113 Å². The molecule has 0 unspecified atom stereocenters. The monoisotopic (exact) mass is 263 g/mol. The lowest BCUT2D eigenvalue weighted by Crippen LogP contribution is -2.42. The molecule has 104 valence electrons.